The Labute approximate surface area is 124 Å². The van der Waals surface area contributed by atoms with Crippen molar-refractivity contribution < 1.29 is 14.7 Å². The number of hydrogen-bond acceptors (Lipinski definition) is 3. The quantitative estimate of drug-likeness (QED) is 0.686. The maximum Gasteiger partial charge on any atom is 0.251 e. The second kappa shape index (κ2) is 7.04. The van der Waals surface area contributed by atoms with Gasteiger partial charge in [-0.25, -0.2) is 0 Å². The Balaban J connectivity index is 1.86. The van der Waals surface area contributed by atoms with E-state index in [4.69, 9.17) is 5.11 Å². The lowest BCUT2D eigenvalue weighted by Crippen LogP contribution is -2.28. The molecule has 112 valence electrons. The predicted molar refractivity (Wildman–Crippen MR) is 80.7 cm³/mol. The summed E-state index contributed by atoms with van der Waals surface area (Å²) >= 11 is 0. The number of nitrogens with one attached hydrogen (secondary N) is 2. The van der Waals surface area contributed by atoms with E-state index in [0.717, 1.165) is 18.4 Å². The summed E-state index contributed by atoms with van der Waals surface area (Å²) < 4.78 is 0. The Bertz CT molecular complexity index is 531. The molecule has 0 aromatic heterocycles. The van der Waals surface area contributed by atoms with E-state index in [2.05, 4.69) is 10.6 Å². The molecule has 1 aliphatic rings. The van der Waals surface area contributed by atoms with Crippen LogP contribution in [-0.4, -0.2) is 35.6 Å². The molecule has 2 rings (SSSR count). The molecule has 1 fully saturated rings. The maximum absolute atomic E-state index is 11.8. The zero-order valence-corrected chi connectivity index (χ0v) is 12.0. The molecule has 1 aromatic rings. The van der Waals surface area contributed by atoms with Gasteiger partial charge in [0.25, 0.3) is 5.91 Å². The molecule has 5 heteroatoms. The summed E-state index contributed by atoms with van der Waals surface area (Å²) in [6.45, 7) is 1.83. The zero-order chi connectivity index (χ0) is 15.2. The van der Waals surface area contributed by atoms with Gasteiger partial charge in [0.2, 0.25) is 5.91 Å². The lowest BCUT2D eigenvalue weighted by Gasteiger charge is -2.04. The van der Waals surface area contributed by atoms with Crippen molar-refractivity contribution in [3.63, 3.8) is 0 Å². The van der Waals surface area contributed by atoms with Crippen molar-refractivity contribution in [2.45, 2.75) is 31.9 Å². The second-order valence-electron chi connectivity index (χ2n) is 5.30. The molecule has 0 radical (unpaired) electrons. The van der Waals surface area contributed by atoms with Crippen molar-refractivity contribution in [1.82, 2.24) is 10.6 Å². The fourth-order valence-electron chi connectivity index (χ4n) is 1.72. The minimum Gasteiger partial charge on any atom is -0.392 e. The Kier molecular flexibility index (Phi) is 5.11. The van der Waals surface area contributed by atoms with Gasteiger partial charge >= 0.3 is 0 Å². The molecule has 1 saturated carbocycles. The third-order valence-electron chi connectivity index (χ3n) is 3.08. The fraction of sp³-hybridized carbons (Fsp3) is 0.375. The van der Waals surface area contributed by atoms with Crippen molar-refractivity contribution in [3.8, 4) is 0 Å². The predicted octanol–water partition coefficient (Wildman–Crippen LogP) is 1.09. The Morgan fingerprint density at radius 3 is 2.57 bits per heavy atom. The number of carbonyl (C=O) groups excluding carboxylic acids is 2. The molecule has 1 aliphatic carbocycles. The van der Waals surface area contributed by atoms with Crippen LogP contribution >= 0.6 is 0 Å². The van der Waals surface area contributed by atoms with E-state index in [9.17, 15) is 9.59 Å². The summed E-state index contributed by atoms with van der Waals surface area (Å²) in [6.07, 6.45) is 4.63. The molecule has 1 atom stereocenters. The minimum absolute atomic E-state index is 0.0530. The average Bonchev–Trinajstić information content (AvgIpc) is 3.27. The van der Waals surface area contributed by atoms with Crippen molar-refractivity contribution in [2.24, 2.45) is 0 Å². The standard InChI is InChI=1S/C16H20N2O3/c1-11(19)10-17-15(20)9-4-12-2-5-13(6-3-12)16(21)18-14-7-8-14/h2-6,9,11,14,19H,7-8,10H2,1H3,(H,17,20)(H,18,21)/b9-4+. The van der Waals surface area contributed by atoms with Gasteiger partial charge in [-0.1, -0.05) is 12.1 Å². The molecular weight excluding hydrogens is 268 g/mol. The zero-order valence-electron chi connectivity index (χ0n) is 12.0. The summed E-state index contributed by atoms with van der Waals surface area (Å²) in [5, 5.41) is 14.6. The third-order valence-corrected chi connectivity index (χ3v) is 3.08. The van der Waals surface area contributed by atoms with Gasteiger partial charge in [-0.3, -0.25) is 9.59 Å². The van der Waals surface area contributed by atoms with E-state index in [0.29, 0.717) is 11.6 Å². The highest BCUT2D eigenvalue weighted by molar-refractivity contribution is 5.95. The van der Waals surface area contributed by atoms with E-state index in [1.54, 1.807) is 37.3 Å². The Morgan fingerprint density at radius 2 is 2.00 bits per heavy atom. The summed E-state index contributed by atoms with van der Waals surface area (Å²) in [5.41, 5.74) is 1.46. The maximum atomic E-state index is 11.8. The smallest absolute Gasteiger partial charge is 0.251 e. The van der Waals surface area contributed by atoms with Gasteiger partial charge < -0.3 is 15.7 Å². The lowest BCUT2D eigenvalue weighted by atomic mass is 10.1. The lowest BCUT2D eigenvalue weighted by molar-refractivity contribution is -0.116. The van der Waals surface area contributed by atoms with Crippen LogP contribution in [0.25, 0.3) is 6.08 Å². The molecule has 0 heterocycles. The second-order valence-corrected chi connectivity index (χ2v) is 5.30. The van der Waals surface area contributed by atoms with Gasteiger partial charge in [0.15, 0.2) is 0 Å². The molecule has 1 aromatic carbocycles. The molecule has 0 aliphatic heterocycles. The minimum atomic E-state index is -0.563. The molecule has 5 nitrogen and oxygen atoms in total. The number of benzene rings is 1. The SMILES string of the molecule is CC(O)CNC(=O)/C=C/c1ccc(C(=O)NC2CC2)cc1. The van der Waals surface area contributed by atoms with Gasteiger partial charge in [0.05, 0.1) is 6.10 Å². The normalized spacial score (nSPS) is 15.7. The number of hydrogen-bond donors (Lipinski definition) is 3. The first kappa shape index (κ1) is 15.3. The molecule has 3 N–H and O–H groups in total. The van der Waals surface area contributed by atoms with Gasteiger partial charge in [0.1, 0.15) is 0 Å². The molecule has 0 bridgehead atoms. The van der Waals surface area contributed by atoms with Crippen LogP contribution in [0.2, 0.25) is 0 Å². The highest BCUT2D eigenvalue weighted by atomic mass is 16.3. The number of aliphatic hydroxyl groups is 1. The molecular formula is C16H20N2O3. The first-order chi connectivity index (χ1) is 10.0. The van der Waals surface area contributed by atoms with E-state index in [-0.39, 0.29) is 18.4 Å². The van der Waals surface area contributed by atoms with Gasteiger partial charge in [-0.05, 0) is 43.5 Å². The van der Waals surface area contributed by atoms with Crippen molar-refractivity contribution in [2.75, 3.05) is 6.54 Å². The largest absolute Gasteiger partial charge is 0.392 e. The highest BCUT2D eigenvalue weighted by Gasteiger charge is 2.23. The first-order valence-electron chi connectivity index (χ1n) is 7.09. The highest BCUT2D eigenvalue weighted by Crippen LogP contribution is 2.19. The summed E-state index contributed by atoms with van der Waals surface area (Å²) in [6, 6.07) is 7.41. The Morgan fingerprint density at radius 1 is 1.33 bits per heavy atom. The van der Waals surface area contributed by atoms with E-state index < -0.39 is 6.10 Å². The Hall–Kier alpha value is -2.14. The van der Waals surface area contributed by atoms with Crippen LogP contribution < -0.4 is 10.6 Å². The van der Waals surface area contributed by atoms with Crippen LogP contribution in [0.4, 0.5) is 0 Å². The van der Waals surface area contributed by atoms with Gasteiger partial charge in [-0.2, -0.15) is 0 Å². The van der Waals surface area contributed by atoms with E-state index >= 15 is 0 Å². The number of aliphatic hydroxyl groups excluding tert-OH is 1. The van der Waals surface area contributed by atoms with Crippen LogP contribution in [0.3, 0.4) is 0 Å². The summed E-state index contributed by atoms with van der Waals surface area (Å²) in [4.78, 5) is 23.3. The van der Waals surface area contributed by atoms with Gasteiger partial charge in [-0.15, -0.1) is 0 Å². The van der Waals surface area contributed by atoms with E-state index in [1.165, 1.54) is 6.08 Å². The summed E-state index contributed by atoms with van der Waals surface area (Å²) in [5.74, 6) is -0.311. The number of rotatable bonds is 6. The first-order valence-corrected chi connectivity index (χ1v) is 7.09. The molecule has 2 amide bonds. The number of carbonyl (C=O) groups is 2. The fourth-order valence-corrected chi connectivity index (χ4v) is 1.72. The third kappa shape index (κ3) is 5.39. The van der Waals surface area contributed by atoms with Crippen LogP contribution in [0, 0.1) is 0 Å². The molecule has 1 unspecified atom stereocenters. The topological polar surface area (TPSA) is 78.4 Å². The summed E-state index contributed by atoms with van der Waals surface area (Å²) in [7, 11) is 0. The van der Waals surface area contributed by atoms with Crippen LogP contribution in [-0.2, 0) is 4.79 Å². The van der Waals surface area contributed by atoms with Crippen molar-refractivity contribution >= 4 is 17.9 Å². The molecule has 0 saturated heterocycles. The van der Waals surface area contributed by atoms with Crippen molar-refractivity contribution in [1.29, 1.82) is 0 Å². The number of amides is 2. The van der Waals surface area contributed by atoms with Crippen LogP contribution in [0.5, 0.6) is 0 Å². The van der Waals surface area contributed by atoms with Crippen LogP contribution in [0.15, 0.2) is 30.3 Å². The van der Waals surface area contributed by atoms with Gasteiger partial charge in [0, 0.05) is 24.2 Å². The average molecular weight is 288 g/mol. The van der Waals surface area contributed by atoms with Crippen LogP contribution in [0.1, 0.15) is 35.7 Å². The molecule has 21 heavy (non-hydrogen) atoms. The molecule has 0 spiro atoms. The van der Waals surface area contributed by atoms with E-state index in [1.807, 2.05) is 0 Å². The van der Waals surface area contributed by atoms with Crippen molar-refractivity contribution in [3.05, 3.63) is 41.5 Å². The monoisotopic (exact) mass is 288 g/mol.